The highest BCUT2D eigenvalue weighted by Crippen LogP contribution is 2.26. The van der Waals surface area contributed by atoms with Crippen molar-refractivity contribution in [2.45, 2.75) is 13.0 Å². The van der Waals surface area contributed by atoms with E-state index in [0.717, 1.165) is 46.9 Å². The first-order chi connectivity index (χ1) is 12.6. The molecule has 0 bridgehead atoms. The predicted molar refractivity (Wildman–Crippen MR) is 101 cm³/mol. The minimum Gasteiger partial charge on any atom is -0.508 e. The molecule has 1 fully saturated rings. The molecule has 0 radical (unpaired) electrons. The van der Waals surface area contributed by atoms with E-state index >= 15 is 0 Å². The number of carbonyl (C=O) groups excluding carboxylic acids is 2. The van der Waals surface area contributed by atoms with Crippen molar-refractivity contribution in [1.29, 1.82) is 0 Å². The van der Waals surface area contributed by atoms with Crippen molar-refractivity contribution in [2.24, 2.45) is 0 Å². The number of aromatic hydroxyl groups is 1. The third kappa shape index (κ3) is 3.34. The van der Waals surface area contributed by atoms with E-state index in [2.05, 4.69) is 14.9 Å². The first-order valence-corrected chi connectivity index (χ1v) is 8.88. The van der Waals surface area contributed by atoms with Crippen molar-refractivity contribution in [2.75, 3.05) is 0 Å². The van der Waals surface area contributed by atoms with Gasteiger partial charge in [0.15, 0.2) is 0 Å². The first-order valence-electron chi connectivity index (χ1n) is 8.06. The molecule has 1 aliphatic rings. The van der Waals surface area contributed by atoms with Gasteiger partial charge in [-0.1, -0.05) is 18.2 Å². The molecular formula is C19H15N3O3S. The van der Waals surface area contributed by atoms with Gasteiger partial charge in [-0.25, -0.2) is 4.98 Å². The molecule has 0 saturated carbocycles. The van der Waals surface area contributed by atoms with Crippen LogP contribution in [0.4, 0.5) is 4.79 Å². The van der Waals surface area contributed by atoms with Gasteiger partial charge in [-0.3, -0.25) is 14.9 Å². The Labute approximate surface area is 153 Å². The fraction of sp³-hybridized carbons (Fsp3) is 0.105. The molecule has 2 aromatic carbocycles. The number of hydrogen-bond donors (Lipinski definition) is 2. The number of amides is 2. The standard InChI is InChI=1S/C19H15N3O3S/c23-14-4-1-12(2-5-14)7-8-22-11-20-15-6-3-13(9-16(15)22)10-17-18(24)21-19(25)26-17/h1-6,9-11,23H,7-8H2,(H,21,24,25)/b17-10-. The summed E-state index contributed by atoms with van der Waals surface area (Å²) in [5, 5.41) is 11.3. The Balaban J connectivity index is 1.58. The van der Waals surface area contributed by atoms with Crippen LogP contribution in [0.3, 0.4) is 0 Å². The van der Waals surface area contributed by atoms with E-state index in [0.29, 0.717) is 4.91 Å². The quantitative estimate of drug-likeness (QED) is 0.693. The molecule has 0 unspecified atom stereocenters. The van der Waals surface area contributed by atoms with Crippen LogP contribution in [0.25, 0.3) is 17.1 Å². The van der Waals surface area contributed by atoms with Crippen molar-refractivity contribution in [3.63, 3.8) is 0 Å². The lowest BCUT2D eigenvalue weighted by molar-refractivity contribution is -0.115. The number of nitrogens with zero attached hydrogens (tertiary/aromatic N) is 2. The van der Waals surface area contributed by atoms with Crippen LogP contribution >= 0.6 is 11.8 Å². The lowest BCUT2D eigenvalue weighted by Crippen LogP contribution is -2.17. The number of rotatable bonds is 4. The van der Waals surface area contributed by atoms with Crippen LogP contribution < -0.4 is 5.32 Å². The van der Waals surface area contributed by atoms with Crippen LogP contribution in [0.5, 0.6) is 5.75 Å². The van der Waals surface area contributed by atoms with Gasteiger partial charge >= 0.3 is 0 Å². The van der Waals surface area contributed by atoms with Crippen LogP contribution in [0.15, 0.2) is 53.7 Å². The van der Waals surface area contributed by atoms with Crippen molar-refractivity contribution < 1.29 is 14.7 Å². The smallest absolute Gasteiger partial charge is 0.290 e. The number of thioether (sulfide) groups is 1. The number of phenolic OH excluding ortho intramolecular Hbond substituents is 1. The van der Waals surface area contributed by atoms with E-state index in [9.17, 15) is 14.7 Å². The normalized spacial score (nSPS) is 15.8. The van der Waals surface area contributed by atoms with Gasteiger partial charge in [-0.15, -0.1) is 0 Å². The van der Waals surface area contributed by atoms with Gasteiger partial charge in [0.05, 0.1) is 22.3 Å². The molecule has 1 aromatic heterocycles. The number of hydrogen-bond acceptors (Lipinski definition) is 5. The molecule has 1 aliphatic heterocycles. The Morgan fingerprint density at radius 1 is 1.15 bits per heavy atom. The summed E-state index contributed by atoms with van der Waals surface area (Å²) in [5.41, 5.74) is 3.81. The van der Waals surface area contributed by atoms with E-state index in [4.69, 9.17) is 0 Å². The summed E-state index contributed by atoms with van der Waals surface area (Å²) in [6, 6.07) is 12.9. The van der Waals surface area contributed by atoms with Crippen LogP contribution in [-0.4, -0.2) is 25.8 Å². The van der Waals surface area contributed by atoms with Crippen LogP contribution in [0.2, 0.25) is 0 Å². The maximum Gasteiger partial charge on any atom is 0.290 e. The van der Waals surface area contributed by atoms with E-state index in [1.54, 1.807) is 24.5 Å². The number of fused-ring (bicyclic) bond motifs is 1. The summed E-state index contributed by atoms with van der Waals surface area (Å²) in [6.45, 7) is 0.745. The minimum absolute atomic E-state index is 0.256. The Kier molecular flexibility index (Phi) is 4.22. The second kappa shape index (κ2) is 6.68. The van der Waals surface area contributed by atoms with E-state index in [-0.39, 0.29) is 16.9 Å². The highest BCUT2D eigenvalue weighted by Gasteiger charge is 2.24. The molecule has 26 heavy (non-hydrogen) atoms. The number of imidazole rings is 1. The van der Waals surface area contributed by atoms with Crippen molar-refractivity contribution in [1.82, 2.24) is 14.9 Å². The summed E-state index contributed by atoms with van der Waals surface area (Å²) in [4.78, 5) is 27.8. The van der Waals surface area contributed by atoms with Gasteiger partial charge in [-0.2, -0.15) is 0 Å². The first kappa shape index (κ1) is 16.4. The van der Waals surface area contributed by atoms with E-state index in [1.807, 2.05) is 30.3 Å². The summed E-state index contributed by atoms with van der Waals surface area (Å²) in [5.74, 6) is -0.104. The average Bonchev–Trinajstić information content (AvgIpc) is 3.17. The molecule has 7 heteroatoms. The number of imide groups is 1. The molecule has 0 atom stereocenters. The Hall–Kier alpha value is -3.06. The van der Waals surface area contributed by atoms with Crippen molar-refractivity contribution in [3.8, 4) is 5.75 Å². The number of carbonyl (C=O) groups is 2. The Morgan fingerprint density at radius 3 is 2.69 bits per heavy atom. The zero-order chi connectivity index (χ0) is 18.1. The zero-order valence-electron chi connectivity index (χ0n) is 13.7. The fourth-order valence-corrected chi connectivity index (χ4v) is 3.51. The van der Waals surface area contributed by atoms with Gasteiger partial charge in [-0.05, 0) is 59.7 Å². The van der Waals surface area contributed by atoms with Gasteiger partial charge < -0.3 is 9.67 Å². The average molecular weight is 365 g/mol. The van der Waals surface area contributed by atoms with Crippen LogP contribution in [0.1, 0.15) is 11.1 Å². The zero-order valence-corrected chi connectivity index (χ0v) is 14.5. The fourth-order valence-electron chi connectivity index (χ4n) is 2.83. The molecule has 1 saturated heterocycles. The number of phenols is 1. The summed E-state index contributed by atoms with van der Waals surface area (Å²) < 4.78 is 2.05. The van der Waals surface area contributed by atoms with Gasteiger partial charge in [0.2, 0.25) is 0 Å². The van der Waals surface area contributed by atoms with E-state index < -0.39 is 0 Å². The second-order valence-electron chi connectivity index (χ2n) is 5.95. The van der Waals surface area contributed by atoms with Crippen LogP contribution in [0, 0.1) is 0 Å². The number of aryl methyl sites for hydroxylation is 2. The monoisotopic (exact) mass is 365 g/mol. The lowest BCUT2D eigenvalue weighted by Gasteiger charge is -2.06. The largest absolute Gasteiger partial charge is 0.508 e. The number of aromatic nitrogens is 2. The van der Waals surface area contributed by atoms with E-state index in [1.165, 1.54) is 0 Å². The molecule has 0 spiro atoms. The number of benzene rings is 2. The molecule has 0 aliphatic carbocycles. The molecule has 6 nitrogen and oxygen atoms in total. The van der Waals surface area contributed by atoms with Gasteiger partial charge in [0.1, 0.15) is 5.75 Å². The van der Waals surface area contributed by atoms with Crippen molar-refractivity contribution in [3.05, 3.63) is 64.8 Å². The molecule has 130 valence electrons. The molecular weight excluding hydrogens is 350 g/mol. The molecule has 2 amide bonds. The number of nitrogens with one attached hydrogen (secondary N) is 1. The maximum absolute atomic E-state index is 11.7. The van der Waals surface area contributed by atoms with Crippen LogP contribution in [-0.2, 0) is 17.8 Å². The highest BCUT2D eigenvalue weighted by atomic mass is 32.2. The predicted octanol–water partition coefficient (Wildman–Crippen LogP) is 3.31. The third-order valence-corrected chi connectivity index (χ3v) is 4.97. The molecule has 2 N–H and O–H groups in total. The Bertz CT molecular complexity index is 1040. The summed E-state index contributed by atoms with van der Waals surface area (Å²) in [7, 11) is 0. The van der Waals surface area contributed by atoms with Crippen molar-refractivity contribution >= 4 is 40.0 Å². The minimum atomic E-state index is -0.360. The Morgan fingerprint density at radius 2 is 1.96 bits per heavy atom. The van der Waals surface area contributed by atoms with Gasteiger partial charge in [0.25, 0.3) is 11.1 Å². The second-order valence-corrected chi connectivity index (χ2v) is 6.97. The lowest BCUT2D eigenvalue weighted by atomic mass is 10.1. The van der Waals surface area contributed by atoms with Gasteiger partial charge in [0, 0.05) is 6.54 Å². The third-order valence-electron chi connectivity index (χ3n) is 4.16. The molecule has 3 aromatic rings. The highest BCUT2D eigenvalue weighted by molar-refractivity contribution is 8.18. The molecule has 2 heterocycles. The summed E-state index contributed by atoms with van der Waals surface area (Å²) in [6.07, 6.45) is 4.31. The topological polar surface area (TPSA) is 84.2 Å². The molecule has 4 rings (SSSR count). The SMILES string of the molecule is O=C1NC(=O)/C(=C/c2ccc3ncn(CCc4ccc(O)cc4)c3c2)S1. The summed E-state index contributed by atoms with van der Waals surface area (Å²) >= 11 is 0.908. The maximum atomic E-state index is 11.7.